The number of oxazole rings is 1. The fourth-order valence-electron chi connectivity index (χ4n) is 3.50. The summed E-state index contributed by atoms with van der Waals surface area (Å²) in [5, 5.41) is 9.75. The summed E-state index contributed by atoms with van der Waals surface area (Å²) < 4.78 is 16.7. The van der Waals surface area contributed by atoms with E-state index in [4.69, 9.17) is 13.9 Å². The smallest absolute Gasteiger partial charge is 0.254 e. The molecule has 2 aromatic carbocycles. The highest BCUT2D eigenvalue weighted by Gasteiger charge is 2.29. The minimum Gasteiger partial charge on any atom is -0.504 e. The van der Waals surface area contributed by atoms with Gasteiger partial charge in [-0.05, 0) is 23.8 Å². The Morgan fingerprint density at radius 3 is 2.72 bits per heavy atom. The molecule has 1 atom stereocenters. The van der Waals surface area contributed by atoms with Crippen LogP contribution in [0.25, 0.3) is 0 Å². The Morgan fingerprint density at radius 1 is 1.21 bits per heavy atom. The minimum atomic E-state index is -0.396. The molecule has 0 spiro atoms. The number of phenolic OH excluding ortho intramolecular Hbond substituents is 1. The van der Waals surface area contributed by atoms with E-state index in [1.165, 1.54) is 19.2 Å². The van der Waals surface area contributed by atoms with Gasteiger partial charge in [0.1, 0.15) is 11.5 Å². The molecule has 0 fully saturated rings. The number of benzene rings is 2. The van der Waals surface area contributed by atoms with Gasteiger partial charge in [0.15, 0.2) is 17.6 Å². The number of hydrogen-bond acceptors (Lipinski definition) is 6. The van der Waals surface area contributed by atoms with Gasteiger partial charge in [-0.1, -0.05) is 30.3 Å². The van der Waals surface area contributed by atoms with E-state index in [0.717, 1.165) is 17.0 Å². The van der Waals surface area contributed by atoms with Crippen LogP contribution in [0.3, 0.4) is 0 Å². The molecule has 29 heavy (non-hydrogen) atoms. The van der Waals surface area contributed by atoms with E-state index in [2.05, 4.69) is 4.98 Å². The summed E-state index contributed by atoms with van der Waals surface area (Å²) in [4.78, 5) is 19.2. The Morgan fingerprint density at radius 2 is 2.00 bits per heavy atom. The van der Waals surface area contributed by atoms with Crippen LogP contribution in [-0.4, -0.2) is 41.7 Å². The zero-order chi connectivity index (χ0) is 20.4. The van der Waals surface area contributed by atoms with E-state index >= 15 is 0 Å². The molecule has 150 valence electrons. The van der Waals surface area contributed by atoms with Gasteiger partial charge in [0.05, 0.1) is 13.7 Å². The molecular formula is C22H22N2O5. The van der Waals surface area contributed by atoms with Crippen LogP contribution in [0.4, 0.5) is 0 Å². The second-order valence-corrected chi connectivity index (χ2v) is 6.81. The van der Waals surface area contributed by atoms with Crippen LogP contribution in [-0.2, 0) is 17.7 Å². The van der Waals surface area contributed by atoms with E-state index in [-0.39, 0.29) is 17.4 Å². The molecule has 1 aliphatic heterocycles. The Kier molecular flexibility index (Phi) is 5.22. The summed E-state index contributed by atoms with van der Waals surface area (Å²) >= 11 is 0. The first kappa shape index (κ1) is 19.0. The SMILES string of the molecule is COc1cc(C(=O)N2CCc3oc(C(OC)c4ccccc4)nc3C2)ccc1O. The quantitative estimate of drug-likeness (QED) is 0.715. The summed E-state index contributed by atoms with van der Waals surface area (Å²) in [6.07, 6.45) is 0.182. The number of aromatic nitrogens is 1. The lowest BCUT2D eigenvalue weighted by molar-refractivity contribution is 0.0726. The number of ether oxygens (including phenoxy) is 2. The van der Waals surface area contributed by atoms with Gasteiger partial charge in [-0.25, -0.2) is 4.98 Å². The van der Waals surface area contributed by atoms with Crippen molar-refractivity contribution >= 4 is 5.91 Å². The van der Waals surface area contributed by atoms with E-state index in [1.807, 2.05) is 30.3 Å². The summed E-state index contributed by atoms with van der Waals surface area (Å²) in [6.45, 7) is 0.874. The second kappa shape index (κ2) is 7.97. The molecule has 3 aromatic rings. The number of carbonyl (C=O) groups is 1. The van der Waals surface area contributed by atoms with Gasteiger partial charge in [-0.15, -0.1) is 0 Å². The largest absolute Gasteiger partial charge is 0.504 e. The van der Waals surface area contributed by atoms with Gasteiger partial charge >= 0.3 is 0 Å². The predicted molar refractivity (Wildman–Crippen MR) is 105 cm³/mol. The molecule has 4 rings (SSSR count). The van der Waals surface area contributed by atoms with Crippen molar-refractivity contribution in [2.24, 2.45) is 0 Å². The fraction of sp³-hybridized carbons (Fsp3) is 0.273. The molecule has 0 saturated heterocycles. The van der Waals surface area contributed by atoms with Crippen molar-refractivity contribution in [3.63, 3.8) is 0 Å². The third kappa shape index (κ3) is 3.69. The maximum atomic E-state index is 12.9. The van der Waals surface area contributed by atoms with Crippen LogP contribution in [0.2, 0.25) is 0 Å². The van der Waals surface area contributed by atoms with E-state index in [0.29, 0.717) is 31.0 Å². The number of methoxy groups -OCH3 is 2. The van der Waals surface area contributed by atoms with Crippen molar-refractivity contribution in [3.05, 3.63) is 77.0 Å². The Balaban J connectivity index is 1.55. The number of hydrogen-bond donors (Lipinski definition) is 1. The maximum Gasteiger partial charge on any atom is 0.254 e. The third-order valence-corrected chi connectivity index (χ3v) is 5.02. The van der Waals surface area contributed by atoms with Crippen LogP contribution >= 0.6 is 0 Å². The van der Waals surface area contributed by atoms with Crippen LogP contribution in [0.15, 0.2) is 52.9 Å². The van der Waals surface area contributed by atoms with Crippen molar-refractivity contribution in [2.75, 3.05) is 20.8 Å². The first-order valence-electron chi connectivity index (χ1n) is 9.33. The van der Waals surface area contributed by atoms with E-state index < -0.39 is 6.10 Å². The van der Waals surface area contributed by atoms with Crippen molar-refractivity contribution in [1.82, 2.24) is 9.88 Å². The molecule has 1 aliphatic rings. The molecule has 1 amide bonds. The fourth-order valence-corrected chi connectivity index (χ4v) is 3.50. The molecule has 1 aromatic heterocycles. The second-order valence-electron chi connectivity index (χ2n) is 6.81. The van der Waals surface area contributed by atoms with Gasteiger partial charge in [-0.3, -0.25) is 4.79 Å². The number of amides is 1. The van der Waals surface area contributed by atoms with Gasteiger partial charge < -0.3 is 23.9 Å². The molecule has 2 heterocycles. The molecule has 0 bridgehead atoms. The number of phenols is 1. The molecule has 0 radical (unpaired) electrons. The molecule has 1 unspecified atom stereocenters. The minimum absolute atomic E-state index is 0.00218. The molecule has 0 aliphatic carbocycles. The highest BCUT2D eigenvalue weighted by molar-refractivity contribution is 5.95. The van der Waals surface area contributed by atoms with Crippen LogP contribution in [0, 0.1) is 0 Å². The van der Waals surface area contributed by atoms with Gasteiger partial charge in [0.25, 0.3) is 5.91 Å². The van der Waals surface area contributed by atoms with Crippen molar-refractivity contribution in [2.45, 2.75) is 19.1 Å². The first-order valence-corrected chi connectivity index (χ1v) is 9.33. The van der Waals surface area contributed by atoms with E-state index in [9.17, 15) is 9.90 Å². The highest BCUT2D eigenvalue weighted by Crippen LogP contribution is 2.30. The van der Waals surface area contributed by atoms with E-state index in [1.54, 1.807) is 18.1 Å². The molecule has 0 saturated carbocycles. The van der Waals surface area contributed by atoms with Crippen LogP contribution in [0.5, 0.6) is 11.5 Å². The topological polar surface area (TPSA) is 85.0 Å². The van der Waals surface area contributed by atoms with Crippen molar-refractivity contribution in [1.29, 1.82) is 0 Å². The first-order chi connectivity index (χ1) is 14.1. The third-order valence-electron chi connectivity index (χ3n) is 5.02. The lowest BCUT2D eigenvalue weighted by atomic mass is 10.1. The Bertz CT molecular complexity index is 1020. The average molecular weight is 394 g/mol. The highest BCUT2D eigenvalue weighted by atomic mass is 16.5. The normalized spacial score (nSPS) is 14.3. The lowest BCUT2D eigenvalue weighted by Crippen LogP contribution is -2.35. The number of aromatic hydroxyl groups is 1. The number of fused-ring (bicyclic) bond motifs is 1. The lowest BCUT2D eigenvalue weighted by Gasteiger charge is -2.25. The molecule has 7 heteroatoms. The molecule has 1 N–H and O–H groups in total. The van der Waals surface area contributed by atoms with Gasteiger partial charge in [0.2, 0.25) is 5.89 Å². The number of carbonyl (C=O) groups excluding carboxylic acids is 1. The predicted octanol–water partition coefficient (Wildman–Crippen LogP) is 3.32. The molecule has 7 nitrogen and oxygen atoms in total. The Hall–Kier alpha value is -3.32. The summed E-state index contributed by atoms with van der Waals surface area (Å²) in [7, 11) is 3.07. The number of nitrogens with zero attached hydrogens (tertiary/aromatic N) is 2. The zero-order valence-corrected chi connectivity index (χ0v) is 16.3. The monoisotopic (exact) mass is 394 g/mol. The standard InChI is InChI=1S/C22H22N2O5/c1-27-19-12-15(8-9-17(19)25)22(26)24-11-10-18-16(13-24)23-21(29-18)20(28-2)14-6-4-3-5-7-14/h3-9,12,20,25H,10-11,13H2,1-2H3. The summed E-state index contributed by atoms with van der Waals surface area (Å²) in [6, 6.07) is 14.3. The van der Waals surface area contributed by atoms with Gasteiger partial charge in [-0.2, -0.15) is 0 Å². The number of rotatable bonds is 5. The van der Waals surface area contributed by atoms with Crippen molar-refractivity contribution < 1.29 is 23.8 Å². The molecular weight excluding hydrogens is 372 g/mol. The van der Waals surface area contributed by atoms with Gasteiger partial charge in [0, 0.05) is 25.6 Å². The van der Waals surface area contributed by atoms with Crippen LogP contribution < -0.4 is 4.74 Å². The zero-order valence-electron chi connectivity index (χ0n) is 16.3. The summed E-state index contributed by atoms with van der Waals surface area (Å²) in [5.74, 6) is 1.39. The summed E-state index contributed by atoms with van der Waals surface area (Å²) in [5.41, 5.74) is 2.15. The van der Waals surface area contributed by atoms with Crippen molar-refractivity contribution in [3.8, 4) is 11.5 Å². The Labute approximate surface area is 168 Å². The average Bonchev–Trinajstić information content (AvgIpc) is 3.17. The van der Waals surface area contributed by atoms with Crippen LogP contribution in [0.1, 0.15) is 39.4 Å². The maximum absolute atomic E-state index is 12.9.